The van der Waals surface area contributed by atoms with Gasteiger partial charge in [0.25, 0.3) is 0 Å². The lowest BCUT2D eigenvalue weighted by Crippen LogP contribution is -3.15. The van der Waals surface area contributed by atoms with E-state index in [1.54, 1.807) is 10.4 Å². The SMILES string of the molecule is Cc1ccc(S(=O)(=O)N2CC[NH+](C[C@H]3CCCCO3)CC2)c(C)c1. The molecule has 2 saturated heterocycles. The van der Waals surface area contributed by atoms with Gasteiger partial charge in [0, 0.05) is 6.61 Å². The molecule has 0 aliphatic carbocycles. The van der Waals surface area contributed by atoms with E-state index < -0.39 is 10.0 Å². The van der Waals surface area contributed by atoms with Gasteiger partial charge in [0.15, 0.2) is 0 Å². The second-order valence-corrected chi connectivity index (χ2v) is 9.02. The van der Waals surface area contributed by atoms with Gasteiger partial charge in [0.05, 0.1) is 31.1 Å². The van der Waals surface area contributed by atoms with Crippen LogP contribution in [0.1, 0.15) is 30.4 Å². The lowest BCUT2D eigenvalue weighted by Gasteiger charge is -2.34. The van der Waals surface area contributed by atoms with Crippen LogP contribution in [0.2, 0.25) is 0 Å². The minimum atomic E-state index is -3.38. The lowest BCUT2D eigenvalue weighted by atomic mass is 10.1. The molecular formula is C18H29N2O3S+. The summed E-state index contributed by atoms with van der Waals surface area (Å²) in [5, 5.41) is 0. The van der Waals surface area contributed by atoms with Crippen LogP contribution in [-0.4, -0.2) is 58.2 Å². The third-order valence-electron chi connectivity index (χ3n) is 5.17. The van der Waals surface area contributed by atoms with Crippen LogP contribution in [0.5, 0.6) is 0 Å². The summed E-state index contributed by atoms with van der Waals surface area (Å²) in [6.45, 7) is 8.67. The summed E-state index contributed by atoms with van der Waals surface area (Å²) in [6.07, 6.45) is 3.93. The molecule has 2 aliphatic rings. The molecule has 1 N–H and O–H groups in total. The minimum Gasteiger partial charge on any atom is -0.372 e. The van der Waals surface area contributed by atoms with E-state index in [4.69, 9.17) is 4.74 Å². The molecule has 0 bridgehead atoms. The fourth-order valence-electron chi connectivity index (χ4n) is 3.77. The smallest absolute Gasteiger partial charge is 0.243 e. The second-order valence-electron chi connectivity index (χ2n) is 7.12. The third kappa shape index (κ3) is 3.99. The van der Waals surface area contributed by atoms with Crippen LogP contribution in [0.25, 0.3) is 0 Å². The molecule has 0 saturated carbocycles. The molecule has 1 aromatic rings. The quantitative estimate of drug-likeness (QED) is 0.870. The maximum Gasteiger partial charge on any atom is 0.243 e. The number of nitrogens with one attached hydrogen (secondary N) is 1. The molecule has 1 aromatic carbocycles. The van der Waals surface area contributed by atoms with Gasteiger partial charge in [-0.2, -0.15) is 4.31 Å². The van der Waals surface area contributed by atoms with E-state index in [2.05, 4.69) is 0 Å². The summed E-state index contributed by atoms with van der Waals surface area (Å²) < 4.78 is 33.3. The Morgan fingerprint density at radius 3 is 2.58 bits per heavy atom. The molecule has 134 valence electrons. The van der Waals surface area contributed by atoms with Gasteiger partial charge in [-0.05, 0) is 44.7 Å². The molecule has 2 fully saturated rings. The van der Waals surface area contributed by atoms with Crippen LogP contribution in [0, 0.1) is 13.8 Å². The number of quaternary nitrogens is 1. The van der Waals surface area contributed by atoms with Gasteiger partial charge in [0.2, 0.25) is 10.0 Å². The van der Waals surface area contributed by atoms with Gasteiger partial charge in [-0.15, -0.1) is 0 Å². The molecule has 6 heteroatoms. The van der Waals surface area contributed by atoms with Crippen LogP contribution in [-0.2, 0) is 14.8 Å². The summed E-state index contributed by atoms with van der Waals surface area (Å²) in [7, 11) is -3.38. The molecule has 0 unspecified atom stereocenters. The molecule has 24 heavy (non-hydrogen) atoms. The fourth-order valence-corrected chi connectivity index (χ4v) is 5.41. The zero-order valence-corrected chi connectivity index (χ0v) is 15.6. The molecule has 2 heterocycles. The molecule has 0 spiro atoms. The predicted molar refractivity (Wildman–Crippen MR) is 93.8 cm³/mol. The van der Waals surface area contributed by atoms with Gasteiger partial charge >= 0.3 is 0 Å². The molecule has 2 aliphatic heterocycles. The number of benzene rings is 1. The van der Waals surface area contributed by atoms with E-state index in [1.165, 1.54) is 17.7 Å². The van der Waals surface area contributed by atoms with Crippen molar-refractivity contribution in [3.63, 3.8) is 0 Å². The van der Waals surface area contributed by atoms with Crippen molar-refractivity contribution >= 4 is 10.0 Å². The Labute approximate surface area is 145 Å². The summed E-state index contributed by atoms with van der Waals surface area (Å²) in [4.78, 5) is 1.92. The van der Waals surface area contributed by atoms with Crippen LogP contribution in [0.15, 0.2) is 23.1 Å². The molecule has 0 amide bonds. The van der Waals surface area contributed by atoms with Gasteiger partial charge in [-0.3, -0.25) is 0 Å². The second kappa shape index (κ2) is 7.52. The Balaban J connectivity index is 1.61. The Morgan fingerprint density at radius 2 is 1.96 bits per heavy atom. The van der Waals surface area contributed by atoms with Crippen molar-refractivity contribution in [3.05, 3.63) is 29.3 Å². The topological polar surface area (TPSA) is 51.0 Å². The zero-order valence-electron chi connectivity index (χ0n) is 14.8. The largest absolute Gasteiger partial charge is 0.372 e. The Kier molecular flexibility index (Phi) is 5.59. The Bertz CT molecular complexity index is 661. The van der Waals surface area contributed by atoms with Gasteiger partial charge in [0.1, 0.15) is 12.6 Å². The number of hydrogen-bond donors (Lipinski definition) is 1. The Hall–Kier alpha value is -0.950. The van der Waals surface area contributed by atoms with E-state index >= 15 is 0 Å². The van der Waals surface area contributed by atoms with Crippen LogP contribution >= 0.6 is 0 Å². The van der Waals surface area contributed by atoms with Crippen LogP contribution in [0.3, 0.4) is 0 Å². The van der Waals surface area contributed by atoms with E-state index in [9.17, 15) is 8.42 Å². The highest BCUT2D eigenvalue weighted by atomic mass is 32.2. The lowest BCUT2D eigenvalue weighted by molar-refractivity contribution is -0.907. The van der Waals surface area contributed by atoms with Crippen LogP contribution < -0.4 is 4.90 Å². The van der Waals surface area contributed by atoms with E-state index in [1.807, 2.05) is 26.0 Å². The van der Waals surface area contributed by atoms with Crippen molar-refractivity contribution < 1.29 is 18.1 Å². The number of hydrogen-bond acceptors (Lipinski definition) is 3. The molecule has 0 aromatic heterocycles. The highest BCUT2D eigenvalue weighted by molar-refractivity contribution is 7.89. The molecule has 5 nitrogen and oxygen atoms in total. The molecular weight excluding hydrogens is 324 g/mol. The predicted octanol–water partition coefficient (Wildman–Crippen LogP) is 0.762. The van der Waals surface area contributed by atoms with Gasteiger partial charge in [-0.1, -0.05) is 17.7 Å². The molecule has 3 rings (SSSR count). The van der Waals surface area contributed by atoms with Crippen LogP contribution in [0.4, 0.5) is 0 Å². The first-order chi connectivity index (χ1) is 11.5. The van der Waals surface area contributed by atoms with Crippen molar-refractivity contribution in [2.24, 2.45) is 0 Å². The summed E-state index contributed by atoms with van der Waals surface area (Å²) in [5.74, 6) is 0. The maximum absolute atomic E-state index is 12.9. The van der Waals surface area contributed by atoms with Crippen molar-refractivity contribution in [2.75, 3.05) is 39.3 Å². The maximum atomic E-state index is 12.9. The number of piperazine rings is 1. The molecule has 0 radical (unpaired) electrons. The average molecular weight is 354 g/mol. The minimum absolute atomic E-state index is 0.358. The zero-order chi connectivity index (χ0) is 17.2. The van der Waals surface area contributed by atoms with E-state index in [0.717, 1.165) is 43.8 Å². The average Bonchev–Trinajstić information content (AvgIpc) is 2.56. The standard InChI is InChI=1S/C18H28N2O3S/c1-15-6-7-18(16(2)13-15)24(21,22)20-10-8-19(9-11-20)14-17-5-3-4-12-23-17/h6-7,13,17H,3-5,8-12,14H2,1-2H3/p+1/t17-/m1/s1. The first-order valence-electron chi connectivity index (χ1n) is 8.99. The summed E-state index contributed by atoms with van der Waals surface area (Å²) in [5.41, 5.74) is 1.92. The monoisotopic (exact) mass is 353 g/mol. The van der Waals surface area contributed by atoms with Gasteiger partial charge in [-0.25, -0.2) is 8.42 Å². The number of nitrogens with zero attached hydrogens (tertiary/aromatic N) is 1. The third-order valence-corrected chi connectivity index (χ3v) is 7.23. The van der Waals surface area contributed by atoms with E-state index in [-0.39, 0.29) is 0 Å². The number of rotatable bonds is 4. The van der Waals surface area contributed by atoms with Gasteiger partial charge < -0.3 is 9.64 Å². The molecule has 1 atom stereocenters. The van der Waals surface area contributed by atoms with Crippen molar-refractivity contribution in [3.8, 4) is 0 Å². The first-order valence-corrected chi connectivity index (χ1v) is 10.4. The first kappa shape index (κ1) is 17.9. The van der Waals surface area contributed by atoms with Crippen molar-refractivity contribution in [2.45, 2.75) is 44.1 Å². The van der Waals surface area contributed by atoms with Crippen molar-refractivity contribution in [1.29, 1.82) is 0 Å². The highest BCUT2D eigenvalue weighted by Crippen LogP contribution is 2.21. The number of ether oxygens (including phenoxy) is 1. The Morgan fingerprint density at radius 1 is 1.21 bits per heavy atom. The van der Waals surface area contributed by atoms with E-state index in [0.29, 0.717) is 24.1 Å². The summed E-state index contributed by atoms with van der Waals surface area (Å²) in [6, 6.07) is 5.56. The number of aryl methyl sites for hydroxylation is 2. The highest BCUT2D eigenvalue weighted by Gasteiger charge is 2.32. The summed E-state index contributed by atoms with van der Waals surface area (Å²) >= 11 is 0. The fraction of sp³-hybridized carbons (Fsp3) is 0.667. The number of sulfonamides is 1. The normalized spacial score (nSPS) is 24.2. The van der Waals surface area contributed by atoms with Crippen molar-refractivity contribution in [1.82, 2.24) is 4.31 Å².